The lowest BCUT2D eigenvalue weighted by molar-refractivity contribution is -0.119. The van der Waals surface area contributed by atoms with Gasteiger partial charge in [0, 0.05) is 30.4 Å². The molecule has 1 N–H and O–H groups in total. The molecule has 7 heteroatoms. The first kappa shape index (κ1) is 19.5. The van der Waals surface area contributed by atoms with Gasteiger partial charge in [0.15, 0.2) is 0 Å². The predicted molar refractivity (Wildman–Crippen MR) is 110 cm³/mol. The Morgan fingerprint density at radius 1 is 1.11 bits per heavy atom. The molecule has 0 fully saturated rings. The van der Waals surface area contributed by atoms with Gasteiger partial charge in [0.1, 0.15) is 12.4 Å². The Hall–Kier alpha value is -3.22. The second-order valence-corrected chi connectivity index (χ2v) is 6.91. The highest BCUT2D eigenvalue weighted by Gasteiger charge is 2.22. The van der Waals surface area contributed by atoms with Gasteiger partial charge in [-0.05, 0) is 61.0 Å². The number of hydrogen-bond donors (Lipinski definition) is 1. The molecule has 0 saturated carbocycles. The van der Waals surface area contributed by atoms with E-state index in [2.05, 4.69) is 46.5 Å². The Kier molecular flexibility index (Phi) is 6.37. The SMILES string of the molecule is CCN(c1ccc(NC(=O)[C@H](Cc2ccccc2)n2cnnn2)cc1)C(C)C. The van der Waals surface area contributed by atoms with Gasteiger partial charge in [-0.2, -0.15) is 0 Å². The highest BCUT2D eigenvalue weighted by atomic mass is 16.2. The van der Waals surface area contributed by atoms with E-state index in [1.165, 1.54) is 11.0 Å². The van der Waals surface area contributed by atoms with Crippen LogP contribution in [0.1, 0.15) is 32.4 Å². The van der Waals surface area contributed by atoms with Crippen molar-refractivity contribution in [2.75, 3.05) is 16.8 Å². The summed E-state index contributed by atoms with van der Waals surface area (Å²) in [6.45, 7) is 7.40. The van der Waals surface area contributed by atoms with E-state index in [4.69, 9.17) is 0 Å². The van der Waals surface area contributed by atoms with Crippen LogP contribution in [-0.2, 0) is 11.2 Å². The number of hydrogen-bond acceptors (Lipinski definition) is 5. The number of aromatic nitrogens is 4. The Labute approximate surface area is 165 Å². The summed E-state index contributed by atoms with van der Waals surface area (Å²) in [5.41, 5.74) is 2.93. The summed E-state index contributed by atoms with van der Waals surface area (Å²) in [5, 5.41) is 14.3. The van der Waals surface area contributed by atoms with Gasteiger partial charge in [-0.15, -0.1) is 5.10 Å². The van der Waals surface area contributed by atoms with Crippen molar-refractivity contribution in [3.8, 4) is 0 Å². The average molecular weight is 378 g/mol. The molecule has 1 aromatic heterocycles. The quantitative estimate of drug-likeness (QED) is 0.651. The third-order valence-corrected chi connectivity index (χ3v) is 4.69. The van der Waals surface area contributed by atoms with Crippen LogP contribution in [0.15, 0.2) is 60.9 Å². The molecule has 0 bridgehead atoms. The van der Waals surface area contributed by atoms with Crippen LogP contribution in [-0.4, -0.2) is 38.7 Å². The minimum atomic E-state index is -0.528. The summed E-state index contributed by atoms with van der Waals surface area (Å²) >= 11 is 0. The lowest BCUT2D eigenvalue weighted by Gasteiger charge is -2.27. The van der Waals surface area contributed by atoms with Crippen LogP contribution in [0, 0.1) is 0 Å². The van der Waals surface area contributed by atoms with Crippen molar-refractivity contribution in [3.05, 3.63) is 66.5 Å². The molecular formula is C21H26N6O. The minimum absolute atomic E-state index is 0.153. The fraction of sp³-hybridized carbons (Fsp3) is 0.333. The van der Waals surface area contributed by atoms with Gasteiger partial charge in [0.05, 0.1) is 0 Å². The normalized spacial score (nSPS) is 12.0. The van der Waals surface area contributed by atoms with Gasteiger partial charge in [-0.3, -0.25) is 4.79 Å². The summed E-state index contributed by atoms with van der Waals surface area (Å²) in [6, 6.07) is 17.6. The molecule has 0 saturated heterocycles. The zero-order valence-electron chi connectivity index (χ0n) is 16.5. The van der Waals surface area contributed by atoms with Crippen molar-refractivity contribution in [1.29, 1.82) is 0 Å². The molecule has 7 nitrogen and oxygen atoms in total. The number of carbonyl (C=O) groups is 1. The van der Waals surface area contributed by atoms with E-state index in [0.29, 0.717) is 12.5 Å². The molecule has 146 valence electrons. The van der Waals surface area contributed by atoms with Gasteiger partial charge in [0.25, 0.3) is 0 Å². The number of nitrogens with zero attached hydrogens (tertiary/aromatic N) is 5. The lowest BCUT2D eigenvalue weighted by Crippen LogP contribution is -2.30. The maximum absolute atomic E-state index is 13.0. The van der Waals surface area contributed by atoms with Crippen molar-refractivity contribution in [2.45, 2.75) is 39.3 Å². The molecule has 1 atom stereocenters. The van der Waals surface area contributed by atoms with Crippen LogP contribution in [0.4, 0.5) is 11.4 Å². The highest BCUT2D eigenvalue weighted by molar-refractivity contribution is 5.94. The Balaban J connectivity index is 1.75. The third-order valence-electron chi connectivity index (χ3n) is 4.69. The van der Waals surface area contributed by atoms with Crippen LogP contribution in [0.2, 0.25) is 0 Å². The largest absolute Gasteiger partial charge is 0.369 e. The molecule has 0 radical (unpaired) electrons. The molecule has 0 spiro atoms. The molecule has 1 heterocycles. The number of anilines is 2. The number of amides is 1. The summed E-state index contributed by atoms with van der Waals surface area (Å²) in [5.74, 6) is -0.153. The van der Waals surface area contributed by atoms with E-state index in [9.17, 15) is 4.79 Å². The van der Waals surface area contributed by atoms with E-state index < -0.39 is 6.04 Å². The maximum Gasteiger partial charge on any atom is 0.249 e. The molecule has 0 aliphatic heterocycles. The van der Waals surface area contributed by atoms with Gasteiger partial charge >= 0.3 is 0 Å². The molecule has 0 unspecified atom stereocenters. The van der Waals surface area contributed by atoms with E-state index in [1.807, 2.05) is 54.6 Å². The number of carbonyl (C=O) groups excluding carboxylic acids is 1. The molecule has 1 amide bonds. The van der Waals surface area contributed by atoms with E-state index in [-0.39, 0.29) is 5.91 Å². The average Bonchev–Trinajstić information content (AvgIpc) is 3.23. The minimum Gasteiger partial charge on any atom is -0.369 e. The van der Waals surface area contributed by atoms with Crippen molar-refractivity contribution in [3.63, 3.8) is 0 Å². The lowest BCUT2D eigenvalue weighted by atomic mass is 10.1. The summed E-state index contributed by atoms with van der Waals surface area (Å²) in [4.78, 5) is 15.3. The molecule has 3 rings (SSSR count). The summed E-state index contributed by atoms with van der Waals surface area (Å²) in [7, 11) is 0. The van der Waals surface area contributed by atoms with Crippen molar-refractivity contribution < 1.29 is 4.79 Å². The fourth-order valence-corrected chi connectivity index (χ4v) is 3.26. The van der Waals surface area contributed by atoms with Crippen LogP contribution < -0.4 is 10.2 Å². The van der Waals surface area contributed by atoms with Crippen molar-refractivity contribution in [1.82, 2.24) is 20.2 Å². The van der Waals surface area contributed by atoms with Gasteiger partial charge in [-0.1, -0.05) is 30.3 Å². The molecule has 28 heavy (non-hydrogen) atoms. The van der Waals surface area contributed by atoms with Crippen LogP contribution >= 0.6 is 0 Å². The molecular weight excluding hydrogens is 352 g/mol. The monoisotopic (exact) mass is 378 g/mol. The molecule has 0 aliphatic rings. The summed E-state index contributed by atoms with van der Waals surface area (Å²) < 4.78 is 1.49. The third kappa shape index (κ3) is 4.73. The Bertz CT molecular complexity index is 862. The van der Waals surface area contributed by atoms with E-state index in [1.54, 1.807) is 0 Å². The second kappa shape index (κ2) is 9.12. The number of rotatable bonds is 8. The number of tetrazole rings is 1. The van der Waals surface area contributed by atoms with Gasteiger partial charge in [0.2, 0.25) is 5.91 Å². The van der Waals surface area contributed by atoms with Crippen molar-refractivity contribution >= 4 is 17.3 Å². The fourth-order valence-electron chi connectivity index (χ4n) is 3.26. The van der Waals surface area contributed by atoms with E-state index >= 15 is 0 Å². The smallest absolute Gasteiger partial charge is 0.249 e. The number of benzene rings is 2. The van der Waals surface area contributed by atoms with Crippen LogP contribution in [0.5, 0.6) is 0 Å². The number of nitrogens with one attached hydrogen (secondary N) is 1. The molecule has 3 aromatic rings. The Morgan fingerprint density at radius 2 is 1.82 bits per heavy atom. The highest BCUT2D eigenvalue weighted by Crippen LogP contribution is 2.21. The van der Waals surface area contributed by atoms with Crippen LogP contribution in [0.25, 0.3) is 0 Å². The molecule has 0 aliphatic carbocycles. The zero-order valence-corrected chi connectivity index (χ0v) is 16.5. The van der Waals surface area contributed by atoms with Crippen LogP contribution in [0.3, 0.4) is 0 Å². The topological polar surface area (TPSA) is 75.9 Å². The van der Waals surface area contributed by atoms with Gasteiger partial charge < -0.3 is 10.2 Å². The maximum atomic E-state index is 13.0. The first-order valence-electron chi connectivity index (χ1n) is 9.52. The standard InChI is InChI=1S/C21H26N6O/c1-4-26(16(2)3)19-12-10-18(11-13-19)23-21(28)20(27-15-22-24-25-27)14-17-8-6-5-7-9-17/h5-13,15-16,20H,4,14H2,1-3H3,(H,23,28)/t20-/m0/s1. The first-order chi connectivity index (χ1) is 13.6. The van der Waals surface area contributed by atoms with Crippen molar-refractivity contribution in [2.24, 2.45) is 0 Å². The predicted octanol–water partition coefficient (Wildman–Crippen LogP) is 3.33. The molecule has 2 aromatic carbocycles. The van der Waals surface area contributed by atoms with Gasteiger partial charge in [-0.25, -0.2) is 4.68 Å². The second-order valence-electron chi connectivity index (χ2n) is 6.91. The summed E-state index contributed by atoms with van der Waals surface area (Å²) in [6.07, 6.45) is 1.98. The van der Waals surface area contributed by atoms with E-state index in [0.717, 1.165) is 23.5 Å². The zero-order chi connectivity index (χ0) is 19.9. The Morgan fingerprint density at radius 3 is 2.39 bits per heavy atom. The first-order valence-corrected chi connectivity index (χ1v) is 9.52.